The lowest BCUT2D eigenvalue weighted by Gasteiger charge is -2.25. The first kappa shape index (κ1) is 20.2. The van der Waals surface area contributed by atoms with Crippen molar-refractivity contribution in [3.63, 3.8) is 0 Å². The van der Waals surface area contributed by atoms with E-state index in [1.165, 1.54) is 95.2 Å². The molecule has 0 heterocycles. The van der Waals surface area contributed by atoms with E-state index < -0.39 is 8.32 Å². The zero-order chi connectivity index (χ0) is 15.1. The van der Waals surface area contributed by atoms with Crippen LogP contribution in [0.3, 0.4) is 0 Å². The van der Waals surface area contributed by atoms with Crippen LogP contribution in [0.15, 0.2) is 0 Å². The summed E-state index contributed by atoms with van der Waals surface area (Å²) in [6.07, 6.45) is 15.7. The fourth-order valence-electron chi connectivity index (χ4n) is 3.02. The quantitative estimate of drug-likeness (QED) is 0.265. The Bertz CT molecular complexity index is 163. The van der Waals surface area contributed by atoms with E-state index in [-0.39, 0.29) is 0 Å². The third kappa shape index (κ3) is 12.0. The largest absolute Gasteiger partial charge is 0.432 e. The Morgan fingerprint density at radius 2 is 0.800 bits per heavy atom. The molecule has 0 aromatic heterocycles. The van der Waals surface area contributed by atoms with Crippen molar-refractivity contribution in [2.75, 3.05) is 0 Å². The molecule has 0 aliphatic carbocycles. The van der Waals surface area contributed by atoms with Gasteiger partial charge in [-0.2, -0.15) is 0 Å². The number of unbranched alkanes of at least 4 members (excludes halogenated alkanes) is 9. The minimum atomic E-state index is -1.90. The van der Waals surface area contributed by atoms with Crippen molar-refractivity contribution in [2.24, 2.45) is 0 Å². The molecule has 0 aliphatic rings. The molecule has 0 spiro atoms. The topological polar surface area (TPSA) is 20.2 Å². The molecule has 2 heteroatoms. The smallest absolute Gasteiger partial charge is 0.188 e. The summed E-state index contributed by atoms with van der Waals surface area (Å²) in [5, 5.41) is 0. The van der Waals surface area contributed by atoms with Crippen LogP contribution in [-0.4, -0.2) is 13.1 Å². The van der Waals surface area contributed by atoms with Crippen molar-refractivity contribution in [3.8, 4) is 0 Å². The highest BCUT2D eigenvalue weighted by Crippen LogP contribution is 2.27. The van der Waals surface area contributed by atoms with E-state index in [2.05, 4.69) is 20.8 Å². The van der Waals surface area contributed by atoms with Gasteiger partial charge in [-0.3, -0.25) is 0 Å². The Labute approximate surface area is 129 Å². The molecule has 0 saturated heterocycles. The summed E-state index contributed by atoms with van der Waals surface area (Å²) < 4.78 is 0. The van der Waals surface area contributed by atoms with Crippen molar-refractivity contribution in [1.82, 2.24) is 0 Å². The van der Waals surface area contributed by atoms with Gasteiger partial charge in [-0.05, 0) is 18.1 Å². The van der Waals surface area contributed by atoms with Crippen LogP contribution in [-0.2, 0) is 0 Å². The molecule has 1 N–H and O–H groups in total. The first-order valence-electron chi connectivity index (χ1n) is 9.41. The predicted octanol–water partition coefficient (Wildman–Crippen LogP) is 6.67. The molecule has 122 valence electrons. The number of hydrogen-bond acceptors (Lipinski definition) is 1. The Morgan fingerprint density at radius 3 is 1.05 bits per heavy atom. The van der Waals surface area contributed by atoms with Crippen LogP contribution in [0.5, 0.6) is 0 Å². The van der Waals surface area contributed by atoms with Gasteiger partial charge in [-0.15, -0.1) is 0 Å². The molecule has 20 heavy (non-hydrogen) atoms. The van der Waals surface area contributed by atoms with Crippen molar-refractivity contribution in [3.05, 3.63) is 0 Å². The van der Waals surface area contributed by atoms with Crippen LogP contribution in [0.2, 0.25) is 18.1 Å². The van der Waals surface area contributed by atoms with Gasteiger partial charge in [0.05, 0.1) is 0 Å². The third-order valence-electron chi connectivity index (χ3n) is 4.49. The van der Waals surface area contributed by atoms with Crippen LogP contribution in [0.25, 0.3) is 0 Å². The first-order valence-corrected chi connectivity index (χ1v) is 12.0. The maximum Gasteiger partial charge on any atom is 0.188 e. The van der Waals surface area contributed by atoms with Crippen LogP contribution >= 0.6 is 0 Å². The minimum Gasteiger partial charge on any atom is -0.432 e. The summed E-state index contributed by atoms with van der Waals surface area (Å²) in [5.41, 5.74) is 0. The highest BCUT2D eigenvalue weighted by molar-refractivity contribution is 6.72. The summed E-state index contributed by atoms with van der Waals surface area (Å²) in [6.45, 7) is 6.79. The monoisotopic (exact) mass is 300 g/mol. The van der Waals surface area contributed by atoms with Gasteiger partial charge in [0.25, 0.3) is 0 Å². The Hall–Kier alpha value is 0.177. The summed E-state index contributed by atoms with van der Waals surface area (Å²) >= 11 is 0. The zero-order valence-electron chi connectivity index (χ0n) is 14.6. The third-order valence-corrected chi connectivity index (χ3v) is 8.34. The zero-order valence-corrected chi connectivity index (χ0v) is 15.6. The lowest BCUT2D eigenvalue weighted by Crippen LogP contribution is -2.34. The van der Waals surface area contributed by atoms with E-state index in [1.54, 1.807) is 0 Å². The molecule has 0 aromatic carbocycles. The maximum atomic E-state index is 11.0. The lowest BCUT2D eigenvalue weighted by atomic mass is 10.2. The van der Waals surface area contributed by atoms with Crippen molar-refractivity contribution in [2.45, 2.75) is 116 Å². The second-order valence-corrected chi connectivity index (χ2v) is 10.6. The van der Waals surface area contributed by atoms with Gasteiger partial charge in [0.2, 0.25) is 0 Å². The summed E-state index contributed by atoms with van der Waals surface area (Å²) in [7, 11) is -1.90. The highest BCUT2D eigenvalue weighted by atomic mass is 28.4. The molecule has 0 aromatic rings. The predicted molar refractivity (Wildman–Crippen MR) is 94.8 cm³/mol. The normalized spacial score (nSPS) is 12.0. The van der Waals surface area contributed by atoms with Gasteiger partial charge in [-0.25, -0.2) is 0 Å². The SMILES string of the molecule is CCCCCC[Si](O)(CCCCCC)CCCCCC. The van der Waals surface area contributed by atoms with Gasteiger partial charge in [0.1, 0.15) is 0 Å². The molecule has 0 rings (SSSR count). The molecule has 0 atom stereocenters. The fraction of sp³-hybridized carbons (Fsp3) is 1.00. The van der Waals surface area contributed by atoms with Crippen LogP contribution in [0.1, 0.15) is 97.8 Å². The van der Waals surface area contributed by atoms with Gasteiger partial charge < -0.3 is 4.80 Å². The summed E-state index contributed by atoms with van der Waals surface area (Å²) in [4.78, 5) is 11.0. The summed E-state index contributed by atoms with van der Waals surface area (Å²) in [5.74, 6) is 0. The lowest BCUT2D eigenvalue weighted by molar-refractivity contribution is 0.499. The average Bonchev–Trinajstić information content (AvgIpc) is 2.45. The Morgan fingerprint density at radius 1 is 0.500 bits per heavy atom. The van der Waals surface area contributed by atoms with E-state index in [4.69, 9.17) is 0 Å². The van der Waals surface area contributed by atoms with Crippen LogP contribution < -0.4 is 0 Å². The highest BCUT2D eigenvalue weighted by Gasteiger charge is 2.28. The molecule has 0 amide bonds. The van der Waals surface area contributed by atoms with Gasteiger partial charge in [0.15, 0.2) is 8.32 Å². The second kappa shape index (κ2) is 14.1. The average molecular weight is 301 g/mol. The van der Waals surface area contributed by atoms with E-state index >= 15 is 0 Å². The molecule has 0 saturated carbocycles. The minimum absolute atomic E-state index is 1.17. The molecule has 0 bridgehead atoms. The summed E-state index contributed by atoms with van der Waals surface area (Å²) in [6, 6.07) is 3.52. The number of rotatable bonds is 15. The Kier molecular flexibility index (Phi) is 14.3. The molecule has 0 unspecified atom stereocenters. The second-order valence-electron chi connectivity index (χ2n) is 6.66. The van der Waals surface area contributed by atoms with E-state index in [0.29, 0.717) is 0 Å². The maximum absolute atomic E-state index is 11.0. The molecule has 1 nitrogen and oxygen atoms in total. The van der Waals surface area contributed by atoms with Crippen molar-refractivity contribution >= 4 is 8.32 Å². The van der Waals surface area contributed by atoms with E-state index in [0.717, 1.165) is 0 Å². The van der Waals surface area contributed by atoms with Crippen LogP contribution in [0.4, 0.5) is 0 Å². The molecule has 0 aliphatic heterocycles. The molecular weight excluding hydrogens is 260 g/mol. The van der Waals surface area contributed by atoms with E-state index in [1.807, 2.05) is 0 Å². The van der Waals surface area contributed by atoms with Gasteiger partial charge in [-0.1, -0.05) is 97.8 Å². The van der Waals surface area contributed by atoms with Crippen molar-refractivity contribution in [1.29, 1.82) is 0 Å². The standard InChI is InChI=1S/C18H40OSi/c1-4-7-10-13-16-20(19,17-14-11-8-5-2)18-15-12-9-6-3/h19H,4-18H2,1-3H3. The van der Waals surface area contributed by atoms with Gasteiger partial charge >= 0.3 is 0 Å². The first-order chi connectivity index (χ1) is 9.68. The van der Waals surface area contributed by atoms with Crippen molar-refractivity contribution < 1.29 is 4.80 Å². The van der Waals surface area contributed by atoms with Crippen LogP contribution in [0, 0.1) is 0 Å². The fourth-order valence-corrected chi connectivity index (χ4v) is 6.49. The molecule has 0 radical (unpaired) electrons. The Balaban J connectivity index is 3.98. The molecule has 0 fully saturated rings. The van der Waals surface area contributed by atoms with Gasteiger partial charge in [0, 0.05) is 0 Å². The number of hydrogen-bond donors (Lipinski definition) is 1. The molecular formula is C18H40OSi. The van der Waals surface area contributed by atoms with E-state index in [9.17, 15) is 4.80 Å².